The van der Waals surface area contributed by atoms with Crippen LogP contribution in [-0.2, 0) is 13.0 Å². The lowest BCUT2D eigenvalue weighted by Crippen LogP contribution is -2.05. The first kappa shape index (κ1) is 18.4. The number of hydrogen-bond acceptors (Lipinski definition) is 4. The summed E-state index contributed by atoms with van der Waals surface area (Å²) < 4.78 is 16.5. The van der Waals surface area contributed by atoms with E-state index in [4.69, 9.17) is 37.1 Å². The molecule has 0 unspecified atom stereocenters. The van der Waals surface area contributed by atoms with Crippen molar-refractivity contribution in [1.82, 2.24) is 0 Å². The van der Waals surface area contributed by atoms with Gasteiger partial charge < -0.3 is 13.9 Å². The lowest BCUT2D eigenvalue weighted by atomic mass is 10.0. The fraction of sp³-hybridized carbons (Fsp3) is 0.150. The monoisotopic (exact) mass is 390 g/mol. The van der Waals surface area contributed by atoms with Gasteiger partial charge in [-0.3, -0.25) is 0 Å². The number of allylic oxidation sites excluding steroid dienone is 1. The predicted molar refractivity (Wildman–Crippen MR) is 104 cm³/mol. The van der Waals surface area contributed by atoms with Crippen LogP contribution in [0.15, 0.2) is 58.3 Å². The Hall–Kier alpha value is -2.43. The Bertz CT molecular complexity index is 1020. The highest BCUT2D eigenvalue weighted by Crippen LogP contribution is 2.31. The van der Waals surface area contributed by atoms with Gasteiger partial charge in [0.05, 0.1) is 17.2 Å². The lowest BCUT2D eigenvalue weighted by molar-refractivity contribution is 0.306. The average Bonchev–Trinajstić information content (AvgIpc) is 2.62. The molecule has 3 rings (SSSR count). The SMILES string of the molecule is C=CCc1cc(OC)c2oc(=O)cc(COc3ccc(Cl)c(Cl)c3)c2c1. The standard InChI is InChI=1S/C20H16Cl2O4/c1-3-4-12-7-15-13(9-19(23)26-20(15)18(8-12)24-2)11-25-14-5-6-16(21)17(22)10-14/h3,5-10H,1,4,11H2,2H3. The summed E-state index contributed by atoms with van der Waals surface area (Å²) in [5.41, 5.74) is 1.60. The van der Waals surface area contributed by atoms with Crippen LogP contribution in [-0.4, -0.2) is 7.11 Å². The molecule has 0 aliphatic rings. The smallest absolute Gasteiger partial charge is 0.336 e. The van der Waals surface area contributed by atoms with Crippen molar-refractivity contribution in [3.63, 3.8) is 0 Å². The number of benzene rings is 2. The van der Waals surface area contributed by atoms with Crippen LogP contribution in [0.2, 0.25) is 10.0 Å². The quantitative estimate of drug-likeness (QED) is 0.416. The van der Waals surface area contributed by atoms with Crippen LogP contribution in [0.4, 0.5) is 0 Å². The third-order valence-electron chi connectivity index (χ3n) is 3.84. The second kappa shape index (κ2) is 7.85. The molecule has 0 aliphatic heterocycles. The molecule has 4 nitrogen and oxygen atoms in total. The Kier molecular flexibility index (Phi) is 5.55. The van der Waals surface area contributed by atoms with Gasteiger partial charge in [0.2, 0.25) is 0 Å². The average molecular weight is 391 g/mol. The normalized spacial score (nSPS) is 10.7. The van der Waals surface area contributed by atoms with Crippen LogP contribution in [0.5, 0.6) is 11.5 Å². The highest BCUT2D eigenvalue weighted by molar-refractivity contribution is 6.42. The van der Waals surface area contributed by atoms with Crippen LogP contribution in [0, 0.1) is 0 Å². The van der Waals surface area contributed by atoms with Gasteiger partial charge in [-0.05, 0) is 36.2 Å². The van der Waals surface area contributed by atoms with Crippen LogP contribution >= 0.6 is 23.2 Å². The van der Waals surface area contributed by atoms with Crippen molar-refractivity contribution in [3.05, 3.63) is 80.6 Å². The highest BCUT2D eigenvalue weighted by atomic mass is 35.5. The molecule has 0 atom stereocenters. The van der Waals surface area contributed by atoms with Gasteiger partial charge in [-0.1, -0.05) is 29.3 Å². The maximum Gasteiger partial charge on any atom is 0.336 e. The van der Waals surface area contributed by atoms with Crippen molar-refractivity contribution in [1.29, 1.82) is 0 Å². The Morgan fingerprint density at radius 2 is 1.96 bits per heavy atom. The summed E-state index contributed by atoms with van der Waals surface area (Å²) >= 11 is 11.9. The van der Waals surface area contributed by atoms with E-state index in [0.29, 0.717) is 39.1 Å². The van der Waals surface area contributed by atoms with Crippen molar-refractivity contribution < 1.29 is 13.9 Å². The number of rotatable bonds is 6. The summed E-state index contributed by atoms with van der Waals surface area (Å²) in [7, 11) is 1.53. The van der Waals surface area contributed by atoms with Crippen LogP contribution in [0.3, 0.4) is 0 Å². The summed E-state index contributed by atoms with van der Waals surface area (Å²) in [4.78, 5) is 12.0. The zero-order chi connectivity index (χ0) is 18.7. The molecule has 1 heterocycles. The van der Waals surface area contributed by atoms with Gasteiger partial charge in [-0.25, -0.2) is 4.79 Å². The van der Waals surface area contributed by atoms with Gasteiger partial charge in [-0.2, -0.15) is 0 Å². The van der Waals surface area contributed by atoms with Crippen molar-refractivity contribution in [2.24, 2.45) is 0 Å². The first-order chi connectivity index (χ1) is 12.5. The minimum absolute atomic E-state index is 0.167. The lowest BCUT2D eigenvalue weighted by Gasteiger charge is -2.12. The second-order valence-electron chi connectivity index (χ2n) is 5.62. The van der Waals surface area contributed by atoms with Gasteiger partial charge in [0.1, 0.15) is 12.4 Å². The van der Waals surface area contributed by atoms with Gasteiger partial charge in [0.25, 0.3) is 0 Å². The molecule has 0 saturated heterocycles. The molecule has 0 N–H and O–H groups in total. The molecular weight excluding hydrogens is 375 g/mol. The molecule has 0 radical (unpaired) electrons. The van der Waals surface area contributed by atoms with Crippen molar-refractivity contribution in [3.8, 4) is 11.5 Å². The maximum absolute atomic E-state index is 12.0. The van der Waals surface area contributed by atoms with E-state index < -0.39 is 5.63 Å². The minimum Gasteiger partial charge on any atom is -0.493 e. The Morgan fingerprint density at radius 1 is 1.15 bits per heavy atom. The zero-order valence-corrected chi connectivity index (χ0v) is 15.6. The molecule has 134 valence electrons. The number of fused-ring (bicyclic) bond motifs is 1. The van der Waals surface area contributed by atoms with Crippen LogP contribution in [0.25, 0.3) is 11.0 Å². The van der Waals surface area contributed by atoms with Crippen LogP contribution < -0.4 is 15.1 Å². The molecule has 3 aromatic rings. The molecule has 0 aliphatic carbocycles. The number of hydrogen-bond donors (Lipinski definition) is 0. The first-order valence-electron chi connectivity index (χ1n) is 7.84. The Balaban J connectivity index is 2.03. The number of methoxy groups -OCH3 is 1. The van der Waals surface area contributed by atoms with E-state index in [9.17, 15) is 4.79 Å². The second-order valence-corrected chi connectivity index (χ2v) is 6.44. The third-order valence-corrected chi connectivity index (χ3v) is 4.58. The molecule has 0 fully saturated rings. The van der Waals surface area contributed by atoms with E-state index in [0.717, 1.165) is 10.9 Å². The van der Waals surface area contributed by atoms with E-state index in [-0.39, 0.29) is 6.61 Å². The summed E-state index contributed by atoms with van der Waals surface area (Å²) in [6, 6.07) is 10.2. The highest BCUT2D eigenvalue weighted by Gasteiger charge is 2.13. The zero-order valence-electron chi connectivity index (χ0n) is 14.1. The molecule has 26 heavy (non-hydrogen) atoms. The number of ether oxygens (including phenoxy) is 2. The van der Waals surface area contributed by atoms with E-state index >= 15 is 0 Å². The summed E-state index contributed by atoms with van der Waals surface area (Å²) in [5.74, 6) is 1.04. The fourth-order valence-electron chi connectivity index (χ4n) is 2.64. The molecule has 1 aromatic heterocycles. The summed E-state index contributed by atoms with van der Waals surface area (Å²) in [6.07, 6.45) is 2.46. The maximum atomic E-state index is 12.0. The van der Waals surface area contributed by atoms with E-state index in [1.807, 2.05) is 12.1 Å². The molecule has 6 heteroatoms. The largest absolute Gasteiger partial charge is 0.493 e. The van der Waals surface area contributed by atoms with E-state index in [2.05, 4.69) is 6.58 Å². The number of halogens is 2. The molecule has 0 bridgehead atoms. The molecule has 0 spiro atoms. The Morgan fingerprint density at radius 3 is 2.65 bits per heavy atom. The van der Waals surface area contributed by atoms with Crippen molar-refractivity contribution in [2.75, 3.05) is 7.11 Å². The van der Waals surface area contributed by atoms with E-state index in [1.54, 1.807) is 24.3 Å². The van der Waals surface area contributed by atoms with Crippen molar-refractivity contribution in [2.45, 2.75) is 13.0 Å². The molecular formula is C20H16Cl2O4. The van der Waals surface area contributed by atoms with E-state index in [1.165, 1.54) is 13.2 Å². The van der Waals surface area contributed by atoms with Gasteiger partial charge in [0, 0.05) is 23.1 Å². The summed E-state index contributed by atoms with van der Waals surface area (Å²) in [6.45, 7) is 3.92. The minimum atomic E-state index is -0.472. The topological polar surface area (TPSA) is 48.7 Å². The first-order valence-corrected chi connectivity index (χ1v) is 8.60. The molecule has 0 saturated carbocycles. The predicted octanol–water partition coefficient (Wildman–Crippen LogP) is 5.42. The van der Waals surface area contributed by atoms with Gasteiger partial charge in [0.15, 0.2) is 11.3 Å². The van der Waals surface area contributed by atoms with Crippen LogP contribution in [0.1, 0.15) is 11.1 Å². The van der Waals surface area contributed by atoms with Gasteiger partial charge >= 0.3 is 5.63 Å². The fourth-order valence-corrected chi connectivity index (χ4v) is 2.92. The third kappa shape index (κ3) is 3.87. The summed E-state index contributed by atoms with van der Waals surface area (Å²) in [5, 5.41) is 1.60. The molecule has 0 amide bonds. The molecule has 2 aromatic carbocycles. The Labute approximate surface area is 160 Å². The van der Waals surface area contributed by atoms with Gasteiger partial charge in [-0.15, -0.1) is 6.58 Å². The van der Waals surface area contributed by atoms with Crippen molar-refractivity contribution >= 4 is 34.2 Å².